The predicted octanol–water partition coefficient (Wildman–Crippen LogP) is 3.78. The summed E-state index contributed by atoms with van der Waals surface area (Å²) in [7, 11) is 0. The van der Waals surface area contributed by atoms with E-state index in [-0.39, 0.29) is 25.3 Å². The number of nitrogens with zero attached hydrogens (tertiary/aromatic N) is 2. The Kier molecular flexibility index (Phi) is 9.62. The maximum absolute atomic E-state index is 12.3. The lowest BCUT2D eigenvalue weighted by atomic mass is 10.2. The molecule has 0 spiro atoms. The highest BCUT2D eigenvalue weighted by Crippen LogP contribution is 2.23. The molecule has 0 aliphatic carbocycles. The van der Waals surface area contributed by atoms with Crippen LogP contribution in [0.1, 0.15) is 39.5 Å². The molecule has 6 heteroatoms. The first-order chi connectivity index (χ1) is 11.6. The second-order valence-electron chi connectivity index (χ2n) is 5.14. The number of nitriles is 1. The van der Waals surface area contributed by atoms with Crippen LogP contribution < -0.4 is 4.90 Å². The molecule has 1 aromatic carbocycles. The van der Waals surface area contributed by atoms with Gasteiger partial charge < -0.3 is 4.74 Å². The minimum absolute atomic E-state index is 0.0273. The highest BCUT2D eigenvalue weighted by molar-refractivity contribution is 7.99. The van der Waals surface area contributed by atoms with Crippen LogP contribution >= 0.6 is 11.8 Å². The average Bonchev–Trinajstić information content (AvgIpc) is 2.59. The van der Waals surface area contributed by atoms with E-state index in [0.29, 0.717) is 12.3 Å². The van der Waals surface area contributed by atoms with Gasteiger partial charge in [-0.3, -0.25) is 14.5 Å². The number of rotatable bonds is 10. The third-order valence-electron chi connectivity index (χ3n) is 3.29. The molecule has 5 nitrogen and oxygen atoms in total. The highest BCUT2D eigenvalue weighted by atomic mass is 32.2. The summed E-state index contributed by atoms with van der Waals surface area (Å²) in [5, 5.41) is 8.97. The molecule has 1 amide bonds. The van der Waals surface area contributed by atoms with E-state index < -0.39 is 5.97 Å². The molecule has 0 fully saturated rings. The summed E-state index contributed by atoms with van der Waals surface area (Å²) in [5.74, 6) is 0.414. The van der Waals surface area contributed by atoms with Crippen molar-refractivity contribution in [3.8, 4) is 6.07 Å². The minimum Gasteiger partial charge on any atom is -0.466 e. The number of carbonyl (C=O) groups is 2. The van der Waals surface area contributed by atoms with E-state index in [0.717, 1.165) is 17.1 Å². The van der Waals surface area contributed by atoms with Gasteiger partial charge in [0.25, 0.3) is 0 Å². The maximum Gasteiger partial charge on any atom is 0.306 e. The van der Waals surface area contributed by atoms with Crippen molar-refractivity contribution in [1.29, 1.82) is 5.26 Å². The minimum atomic E-state index is -0.398. The second-order valence-corrected chi connectivity index (χ2v) is 6.31. The Bertz CT molecular complexity index is 567. The standard InChI is InChI=1S/C18H24N2O3S/c1-3-5-14-24-16-8-6-15(7-9-16)20(13-12-19)17(21)10-11-18(22)23-4-2/h6-9H,3-5,10-11,13-14H2,1-2H3. The highest BCUT2D eigenvalue weighted by Gasteiger charge is 2.17. The lowest BCUT2D eigenvalue weighted by Gasteiger charge is -2.20. The van der Waals surface area contributed by atoms with Crippen LogP contribution in [-0.4, -0.2) is 30.8 Å². The fraction of sp³-hybridized carbons (Fsp3) is 0.500. The fourth-order valence-corrected chi connectivity index (χ4v) is 3.03. The Labute approximate surface area is 148 Å². The van der Waals surface area contributed by atoms with E-state index in [2.05, 4.69) is 6.92 Å². The summed E-state index contributed by atoms with van der Waals surface area (Å²) in [4.78, 5) is 26.2. The van der Waals surface area contributed by atoms with Crippen molar-refractivity contribution in [2.24, 2.45) is 0 Å². The monoisotopic (exact) mass is 348 g/mol. The number of thioether (sulfide) groups is 1. The summed E-state index contributed by atoms with van der Waals surface area (Å²) in [6, 6.07) is 9.60. The van der Waals surface area contributed by atoms with Crippen molar-refractivity contribution in [3.05, 3.63) is 24.3 Å². The summed E-state index contributed by atoms with van der Waals surface area (Å²) in [6.45, 7) is 4.14. The number of amides is 1. The molecule has 0 aliphatic rings. The van der Waals surface area contributed by atoms with E-state index in [4.69, 9.17) is 10.00 Å². The van der Waals surface area contributed by atoms with E-state index in [1.807, 2.05) is 30.3 Å². The second kappa shape index (κ2) is 11.5. The Morgan fingerprint density at radius 1 is 1.21 bits per heavy atom. The van der Waals surface area contributed by atoms with E-state index >= 15 is 0 Å². The number of esters is 1. The van der Waals surface area contributed by atoms with Crippen molar-refractivity contribution in [2.75, 3.05) is 23.8 Å². The molecule has 0 aromatic heterocycles. The largest absolute Gasteiger partial charge is 0.466 e. The number of benzene rings is 1. The van der Waals surface area contributed by atoms with E-state index in [1.165, 1.54) is 11.3 Å². The number of hydrogen-bond acceptors (Lipinski definition) is 5. The van der Waals surface area contributed by atoms with Crippen LogP contribution in [-0.2, 0) is 14.3 Å². The maximum atomic E-state index is 12.3. The lowest BCUT2D eigenvalue weighted by Crippen LogP contribution is -2.31. The first-order valence-electron chi connectivity index (χ1n) is 8.18. The molecule has 1 aromatic rings. The zero-order valence-corrected chi connectivity index (χ0v) is 15.1. The van der Waals surface area contributed by atoms with Gasteiger partial charge in [-0.15, -0.1) is 11.8 Å². The van der Waals surface area contributed by atoms with Gasteiger partial charge in [0.1, 0.15) is 6.54 Å². The number of anilines is 1. The van der Waals surface area contributed by atoms with E-state index in [9.17, 15) is 9.59 Å². The average molecular weight is 348 g/mol. The number of hydrogen-bond donors (Lipinski definition) is 0. The van der Waals surface area contributed by atoms with Gasteiger partial charge in [0, 0.05) is 17.0 Å². The third-order valence-corrected chi connectivity index (χ3v) is 4.39. The molecule has 0 heterocycles. The topological polar surface area (TPSA) is 70.4 Å². The summed E-state index contributed by atoms with van der Waals surface area (Å²) in [5.41, 5.74) is 0.672. The van der Waals surface area contributed by atoms with Gasteiger partial charge in [0.05, 0.1) is 19.1 Å². The Morgan fingerprint density at radius 2 is 1.92 bits per heavy atom. The molecule has 0 radical (unpaired) electrons. The molecule has 0 atom stereocenters. The molecule has 0 saturated heterocycles. The van der Waals surface area contributed by atoms with Gasteiger partial charge >= 0.3 is 5.97 Å². The van der Waals surface area contributed by atoms with Gasteiger partial charge in [-0.2, -0.15) is 5.26 Å². The quantitative estimate of drug-likeness (QED) is 0.278. The van der Waals surface area contributed by atoms with Crippen LogP contribution in [0.4, 0.5) is 5.69 Å². The molecule has 0 N–H and O–H groups in total. The number of ether oxygens (including phenoxy) is 1. The predicted molar refractivity (Wildman–Crippen MR) is 95.9 cm³/mol. The molecule has 0 bridgehead atoms. The number of unbranched alkanes of at least 4 members (excludes halogenated alkanes) is 1. The van der Waals surface area contributed by atoms with Crippen molar-refractivity contribution in [3.63, 3.8) is 0 Å². The van der Waals surface area contributed by atoms with Crippen LogP contribution in [0, 0.1) is 11.3 Å². The van der Waals surface area contributed by atoms with E-state index in [1.54, 1.807) is 18.7 Å². The first-order valence-corrected chi connectivity index (χ1v) is 9.16. The molecular weight excluding hydrogens is 324 g/mol. The molecular formula is C18H24N2O3S. The normalized spacial score (nSPS) is 10.0. The Hall–Kier alpha value is -2.00. The molecule has 24 heavy (non-hydrogen) atoms. The third kappa shape index (κ3) is 7.05. The summed E-state index contributed by atoms with van der Waals surface area (Å²) >= 11 is 1.78. The Morgan fingerprint density at radius 3 is 2.50 bits per heavy atom. The molecule has 0 aliphatic heterocycles. The van der Waals surface area contributed by atoms with Gasteiger partial charge in [-0.05, 0) is 43.4 Å². The van der Waals surface area contributed by atoms with Crippen LogP contribution in [0.2, 0.25) is 0 Å². The number of carbonyl (C=O) groups excluding carboxylic acids is 2. The van der Waals surface area contributed by atoms with Crippen LogP contribution in [0.3, 0.4) is 0 Å². The Balaban J connectivity index is 2.68. The smallest absolute Gasteiger partial charge is 0.306 e. The zero-order valence-electron chi connectivity index (χ0n) is 14.3. The first kappa shape index (κ1) is 20.0. The molecule has 0 unspecified atom stereocenters. The van der Waals surface area contributed by atoms with Crippen molar-refractivity contribution in [2.45, 2.75) is 44.4 Å². The van der Waals surface area contributed by atoms with Gasteiger partial charge in [0.15, 0.2) is 0 Å². The van der Waals surface area contributed by atoms with Crippen LogP contribution in [0.5, 0.6) is 0 Å². The van der Waals surface area contributed by atoms with Crippen LogP contribution in [0.25, 0.3) is 0 Å². The van der Waals surface area contributed by atoms with Crippen LogP contribution in [0.15, 0.2) is 29.2 Å². The van der Waals surface area contributed by atoms with Crippen molar-refractivity contribution >= 4 is 29.3 Å². The van der Waals surface area contributed by atoms with Crippen molar-refractivity contribution in [1.82, 2.24) is 0 Å². The zero-order chi connectivity index (χ0) is 17.8. The van der Waals surface area contributed by atoms with Crippen molar-refractivity contribution < 1.29 is 14.3 Å². The van der Waals surface area contributed by atoms with Gasteiger partial charge in [0.2, 0.25) is 5.91 Å². The summed E-state index contributed by atoms with van der Waals surface area (Å²) < 4.78 is 4.82. The molecule has 1 rings (SSSR count). The molecule has 130 valence electrons. The lowest BCUT2D eigenvalue weighted by molar-refractivity contribution is -0.144. The fourth-order valence-electron chi connectivity index (χ4n) is 2.03. The molecule has 0 saturated carbocycles. The SMILES string of the molecule is CCCCSc1ccc(N(CC#N)C(=O)CCC(=O)OCC)cc1. The summed E-state index contributed by atoms with van der Waals surface area (Å²) in [6.07, 6.45) is 2.39. The van der Waals surface area contributed by atoms with Gasteiger partial charge in [-0.1, -0.05) is 13.3 Å². The van der Waals surface area contributed by atoms with Gasteiger partial charge in [-0.25, -0.2) is 0 Å².